The van der Waals surface area contributed by atoms with Crippen molar-refractivity contribution < 1.29 is 9.18 Å². The molecular formula is C12H16FN3O. The third-order valence-electron chi connectivity index (χ3n) is 2.85. The van der Waals surface area contributed by atoms with Crippen molar-refractivity contribution in [2.75, 3.05) is 13.1 Å². The Morgan fingerprint density at radius 2 is 2.35 bits per heavy atom. The van der Waals surface area contributed by atoms with Crippen molar-refractivity contribution in [3.8, 4) is 0 Å². The molecule has 0 spiro atoms. The van der Waals surface area contributed by atoms with Crippen LogP contribution in [0, 0.1) is 5.82 Å². The van der Waals surface area contributed by atoms with Crippen LogP contribution in [0.3, 0.4) is 0 Å². The molecule has 1 heterocycles. The van der Waals surface area contributed by atoms with Gasteiger partial charge in [-0.25, -0.2) is 4.39 Å². The van der Waals surface area contributed by atoms with Gasteiger partial charge < -0.3 is 10.6 Å². The Labute approximate surface area is 99.6 Å². The van der Waals surface area contributed by atoms with Gasteiger partial charge in [0.25, 0.3) is 5.91 Å². The normalized spacial score (nSPS) is 14.7. The van der Waals surface area contributed by atoms with Gasteiger partial charge in [0.1, 0.15) is 0 Å². The van der Waals surface area contributed by atoms with E-state index >= 15 is 0 Å². The SMILES string of the molecule is NCCCN(C(=O)c1ccncc1F)C1CC1. The van der Waals surface area contributed by atoms with Gasteiger partial charge in [0.15, 0.2) is 5.82 Å². The summed E-state index contributed by atoms with van der Waals surface area (Å²) in [7, 11) is 0. The van der Waals surface area contributed by atoms with E-state index in [2.05, 4.69) is 4.98 Å². The van der Waals surface area contributed by atoms with Gasteiger partial charge >= 0.3 is 0 Å². The van der Waals surface area contributed by atoms with Crippen LogP contribution in [0.5, 0.6) is 0 Å². The van der Waals surface area contributed by atoms with E-state index in [0.717, 1.165) is 25.5 Å². The molecule has 5 heteroatoms. The van der Waals surface area contributed by atoms with Gasteiger partial charge in [-0.2, -0.15) is 0 Å². The number of hydrogen-bond acceptors (Lipinski definition) is 3. The Balaban J connectivity index is 2.13. The van der Waals surface area contributed by atoms with Crippen molar-refractivity contribution in [1.82, 2.24) is 9.88 Å². The van der Waals surface area contributed by atoms with Crippen molar-refractivity contribution >= 4 is 5.91 Å². The van der Waals surface area contributed by atoms with E-state index in [9.17, 15) is 9.18 Å². The molecule has 0 unspecified atom stereocenters. The van der Waals surface area contributed by atoms with E-state index in [0.29, 0.717) is 13.1 Å². The molecule has 2 rings (SSSR count). The first-order chi connectivity index (χ1) is 8.24. The van der Waals surface area contributed by atoms with E-state index in [4.69, 9.17) is 5.73 Å². The molecule has 4 nitrogen and oxygen atoms in total. The number of pyridine rings is 1. The van der Waals surface area contributed by atoms with Crippen LogP contribution in [0.15, 0.2) is 18.5 Å². The minimum Gasteiger partial charge on any atom is -0.336 e. The molecule has 92 valence electrons. The highest BCUT2D eigenvalue weighted by atomic mass is 19.1. The van der Waals surface area contributed by atoms with Gasteiger partial charge in [0, 0.05) is 18.8 Å². The monoisotopic (exact) mass is 237 g/mol. The van der Waals surface area contributed by atoms with Gasteiger partial charge in [-0.1, -0.05) is 0 Å². The molecule has 2 N–H and O–H groups in total. The van der Waals surface area contributed by atoms with Crippen molar-refractivity contribution in [2.24, 2.45) is 5.73 Å². The second-order valence-electron chi connectivity index (χ2n) is 4.23. The molecule has 1 aromatic heterocycles. The van der Waals surface area contributed by atoms with Crippen molar-refractivity contribution in [3.63, 3.8) is 0 Å². The number of halogens is 1. The van der Waals surface area contributed by atoms with Crippen LogP contribution in [0.4, 0.5) is 4.39 Å². The fraction of sp³-hybridized carbons (Fsp3) is 0.500. The predicted molar refractivity (Wildman–Crippen MR) is 61.9 cm³/mol. The fourth-order valence-corrected chi connectivity index (χ4v) is 1.80. The van der Waals surface area contributed by atoms with Crippen LogP contribution in [-0.4, -0.2) is 34.9 Å². The van der Waals surface area contributed by atoms with Gasteiger partial charge in [-0.3, -0.25) is 9.78 Å². The maximum Gasteiger partial charge on any atom is 0.257 e. The lowest BCUT2D eigenvalue weighted by Gasteiger charge is -2.22. The first kappa shape index (κ1) is 12.0. The zero-order chi connectivity index (χ0) is 12.3. The van der Waals surface area contributed by atoms with E-state index in [1.165, 1.54) is 12.3 Å². The van der Waals surface area contributed by atoms with Crippen LogP contribution in [0.25, 0.3) is 0 Å². The van der Waals surface area contributed by atoms with Crippen molar-refractivity contribution in [3.05, 3.63) is 29.8 Å². The third kappa shape index (κ3) is 2.79. The second-order valence-corrected chi connectivity index (χ2v) is 4.23. The number of amides is 1. The summed E-state index contributed by atoms with van der Waals surface area (Å²) in [6, 6.07) is 1.69. The maximum atomic E-state index is 13.5. The Morgan fingerprint density at radius 3 is 2.94 bits per heavy atom. The van der Waals surface area contributed by atoms with Crippen molar-refractivity contribution in [2.45, 2.75) is 25.3 Å². The molecule has 0 saturated heterocycles. The third-order valence-corrected chi connectivity index (χ3v) is 2.85. The first-order valence-corrected chi connectivity index (χ1v) is 5.84. The average Bonchev–Trinajstić information content (AvgIpc) is 3.14. The predicted octanol–water partition coefficient (Wildman–Crippen LogP) is 1.17. The van der Waals surface area contributed by atoms with Crippen LogP contribution in [-0.2, 0) is 0 Å². The maximum absolute atomic E-state index is 13.5. The molecule has 1 aliphatic carbocycles. The summed E-state index contributed by atoms with van der Waals surface area (Å²) in [5.41, 5.74) is 5.54. The molecule has 1 aromatic rings. The van der Waals surface area contributed by atoms with Crippen LogP contribution in [0.2, 0.25) is 0 Å². The zero-order valence-electron chi connectivity index (χ0n) is 9.60. The lowest BCUT2D eigenvalue weighted by molar-refractivity contribution is 0.0737. The minimum atomic E-state index is -0.559. The summed E-state index contributed by atoms with van der Waals surface area (Å²) in [5, 5.41) is 0. The van der Waals surface area contributed by atoms with Gasteiger partial charge in [0.05, 0.1) is 11.8 Å². The van der Waals surface area contributed by atoms with Crippen LogP contribution >= 0.6 is 0 Å². The molecule has 0 aromatic carbocycles. The molecule has 1 saturated carbocycles. The van der Waals surface area contributed by atoms with Crippen LogP contribution in [0.1, 0.15) is 29.6 Å². The summed E-state index contributed by atoms with van der Waals surface area (Å²) in [6.07, 6.45) is 5.26. The number of carbonyl (C=O) groups is 1. The summed E-state index contributed by atoms with van der Waals surface area (Å²) in [6.45, 7) is 1.14. The molecule has 17 heavy (non-hydrogen) atoms. The summed E-state index contributed by atoms with van der Waals surface area (Å²) in [5.74, 6) is -0.809. The largest absolute Gasteiger partial charge is 0.336 e. The summed E-state index contributed by atoms with van der Waals surface area (Å²) >= 11 is 0. The molecule has 0 radical (unpaired) electrons. The highest BCUT2D eigenvalue weighted by Crippen LogP contribution is 2.28. The number of nitrogens with two attached hydrogens (primary N) is 1. The topological polar surface area (TPSA) is 59.2 Å². The number of rotatable bonds is 5. The number of nitrogens with zero attached hydrogens (tertiary/aromatic N) is 2. The number of aromatic nitrogens is 1. The molecule has 1 amide bonds. The van der Waals surface area contributed by atoms with Crippen molar-refractivity contribution in [1.29, 1.82) is 0 Å². The molecular weight excluding hydrogens is 221 g/mol. The van der Waals surface area contributed by atoms with E-state index < -0.39 is 5.82 Å². The standard InChI is InChI=1S/C12H16FN3O/c13-11-8-15-6-4-10(11)12(17)16(7-1-5-14)9-2-3-9/h4,6,8-9H,1-3,5,7,14H2. The quantitative estimate of drug-likeness (QED) is 0.836. The Hall–Kier alpha value is -1.49. The highest BCUT2D eigenvalue weighted by molar-refractivity contribution is 5.94. The Kier molecular flexibility index (Phi) is 3.68. The smallest absolute Gasteiger partial charge is 0.257 e. The van der Waals surface area contributed by atoms with E-state index in [1.54, 1.807) is 4.90 Å². The minimum absolute atomic E-state index is 0.101. The summed E-state index contributed by atoms with van der Waals surface area (Å²) in [4.78, 5) is 17.5. The molecule has 0 bridgehead atoms. The van der Waals surface area contributed by atoms with Gasteiger partial charge in [-0.15, -0.1) is 0 Å². The molecule has 0 atom stereocenters. The Bertz CT molecular complexity index is 406. The van der Waals surface area contributed by atoms with E-state index in [-0.39, 0.29) is 17.5 Å². The van der Waals surface area contributed by atoms with Gasteiger partial charge in [-0.05, 0) is 31.9 Å². The summed E-state index contributed by atoms with van der Waals surface area (Å²) < 4.78 is 13.5. The first-order valence-electron chi connectivity index (χ1n) is 5.84. The van der Waals surface area contributed by atoms with Crippen LogP contribution < -0.4 is 5.73 Å². The molecule has 1 aliphatic rings. The molecule has 1 fully saturated rings. The Morgan fingerprint density at radius 1 is 1.59 bits per heavy atom. The molecule has 0 aliphatic heterocycles. The fourth-order valence-electron chi connectivity index (χ4n) is 1.80. The highest BCUT2D eigenvalue weighted by Gasteiger charge is 2.33. The lowest BCUT2D eigenvalue weighted by Crippen LogP contribution is -2.35. The lowest BCUT2D eigenvalue weighted by atomic mass is 10.2. The zero-order valence-corrected chi connectivity index (χ0v) is 9.60. The number of carbonyl (C=O) groups excluding carboxylic acids is 1. The van der Waals surface area contributed by atoms with E-state index in [1.807, 2.05) is 0 Å². The number of hydrogen-bond donors (Lipinski definition) is 1. The second kappa shape index (κ2) is 5.23. The van der Waals surface area contributed by atoms with Gasteiger partial charge in [0.2, 0.25) is 0 Å². The average molecular weight is 237 g/mol.